The van der Waals surface area contributed by atoms with E-state index in [0.29, 0.717) is 22.8 Å². The standard InChI is InChI=1S/C27H22N2O5/c1-31-19-9-6-17(7-10-19)8-13-25(30)33-21-11-12-22-24(15-21)34-27(29)23(16-28)26(22)18-4-3-5-20(14-18)32-2/h3-15,26H,29H2,1-2H3/b13-8+. The number of rotatable bonds is 6. The molecule has 0 radical (unpaired) electrons. The zero-order chi connectivity index (χ0) is 24.1. The molecule has 1 unspecified atom stereocenters. The van der Waals surface area contributed by atoms with E-state index < -0.39 is 11.9 Å². The molecule has 0 spiro atoms. The number of ether oxygens (including phenoxy) is 4. The molecule has 7 heteroatoms. The molecule has 0 saturated heterocycles. The molecule has 0 bridgehead atoms. The molecule has 7 nitrogen and oxygen atoms in total. The fourth-order valence-corrected chi connectivity index (χ4v) is 3.69. The van der Waals surface area contributed by atoms with Crippen LogP contribution in [0.25, 0.3) is 6.08 Å². The lowest BCUT2D eigenvalue weighted by Gasteiger charge is -2.26. The van der Waals surface area contributed by atoms with Crippen molar-refractivity contribution in [2.24, 2.45) is 5.73 Å². The van der Waals surface area contributed by atoms with Crippen LogP contribution in [0.1, 0.15) is 22.6 Å². The Bertz CT molecular complexity index is 1320. The van der Waals surface area contributed by atoms with E-state index in [-0.39, 0.29) is 5.88 Å². The molecular weight excluding hydrogens is 432 g/mol. The summed E-state index contributed by atoms with van der Waals surface area (Å²) in [5, 5.41) is 9.72. The molecule has 34 heavy (non-hydrogen) atoms. The number of fused-ring (bicyclic) bond motifs is 1. The predicted molar refractivity (Wildman–Crippen MR) is 126 cm³/mol. The number of hydrogen-bond donors (Lipinski definition) is 1. The second-order valence-corrected chi connectivity index (χ2v) is 7.43. The Morgan fingerprint density at radius 3 is 2.44 bits per heavy atom. The second kappa shape index (κ2) is 9.84. The van der Waals surface area contributed by atoms with Crippen molar-refractivity contribution < 1.29 is 23.7 Å². The van der Waals surface area contributed by atoms with Crippen molar-refractivity contribution in [1.29, 1.82) is 5.26 Å². The van der Waals surface area contributed by atoms with Gasteiger partial charge in [0.05, 0.1) is 20.1 Å². The third-order valence-electron chi connectivity index (χ3n) is 5.36. The van der Waals surface area contributed by atoms with Crippen LogP contribution in [0, 0.1) is 11.3 Å². The quantitative estimate of drug-likeness (QED) is 0.331. The third kappa shape index (κ3) is 4.71. The third-order valence-corrected chi connectivity index (χ3v) is 5.36. The molecule has 0 fully saturated rings. The maximum atomic E-state index is 12.3. The number of methoxy groups -OCH3 is 2. The highest BCUT2D eigenvalue weighted by atomic mass is 16.5. The summed E-state index contributed by atoms with van der Waals surface area (Å²) in [4.78, 5) is 12.3. The van der Waals surface area contributed by atoms with E-state index in [1.54, 1.807) is 50.6 Å². The molecule has 170 valence electrons. The molecule has 0 amide bonds. The van der Waals surface area contributed by atoms with Crippen LogP contribution < -0.4 is 24.7 Å². The summed E-state index contributed by atoms with van der Waals surface area (Å²) in [5.74, 6) is 1.12. The number of carbonyl (C=O) groups is 1. The summed E-state index contributed by atoms with van der Waals surface area (Å²) in [7, 11) is 3.17. The first-order valence-electron chi connectivity index (χ1n) is 10.4. The highest BCUT2D eigenvalue weighted by molar-refractivity contribution is 5.88. The first kappa shape index (κ1) is 22.5. The summed E-state index contributed by atoms with van der Waals surface area (Å²) in [6, 6.07) is 21.8. The Balaban J connectivity index is 1.58. The monoisotopic (exact) mass is 454 g/mol. The Morgan fingerprint density at radius 1 is 1.00 bits per heavy atom. The lowest BCUT2D eigenvalue weighted by molar-refractivity contribution is -0.128. The van der Waals surface area contributed by atoms with Gasteiger partial charge < -0.3 is 24.7 Å². The number of carbonyl (C=O) groups excluding carboxylic acids is 1. The molecule has 3 aromatic carbocycles. The predicted octanol–water partition coefficient (Wildman–Crippen LogP) is 4.54. The van der Waals surface area contributed by atoms with Crippen LogP contribution in [0.3, 0.4) is 0 Å². The number of allylic oxidation sites excluding steroid dienone is 1. The van der Waals surface area contributed by atoms with E-state index in [1.807, 2.05) is 36.4 Å². The van der Waals surface area contributed by atoms with Crippen LogP contribution in [0.15, 0.2) is 84.3 Å². The normalized spacial score (nSPS) is 14.7. The minimum atomic E-state index is -0.544. The van der Waals surface area contributed by atoms with Gasteiger partial charge in [0, 0.05) is 17.7 Å². The van der Waals surface area contributed by atoms with Gasteiger partial charge in [-0.15, -0.1) is 0 Å². The summed E-state index contributed by atoms with van der Waals surface area (Å²) >= 11 is 0. The topological polar surface area (TPSA) is 104 Å². The number of nitrogens with two attached hydrogens (primary N) is 1. The van der Waals surface area contributed by atoms with Gasteiger partial charge in [-0.05, 0) is 47.5 Å². The highest BCUT2D eigenvalue weighted by Crippen LogP contribution is 2.44. The van der Waals surface area contributed by atoms with Crippen molar-refractivity contribution in [2.45, 2.75) is 5.92 Å². The van der Waals surface area contributed by atoms with Crippen LogP contribution in [-0.4, -0.2) is 20.2 Å². The minimum Gasteiger partial charge on any atom is -0.497 e. The maximum absolute atomic E-state index is 12.3. The summed E-state index contributed by atoms with van der Waals surface area (Å²) < 4.78 is 21.6. The minimum absolute atomic E-state index is 0.00528. The Morgan fingerprint density at radius 2 is 1.74 bits per heavy atom. The summed E-state index contributed by atoms with van der Waals surface area (Å²) in [5.41, 5.74) is 8.75. The van der Waals surface area contributed by atoms with Gasteiger partial charge in [-0.3, -0.25) is 0 Å². The number of hydrogen-bond acceptors (Lipinski definition) is 7. The van der Waals surface area contributed by atoms with Gasteiger partial charge in [-0.1, -0.05) is 30.3 Å². The van der Waals surface area contributed by atoms with Crippen molar-refractivity contribution in [3.63, 3.8) is 0 Å². The van der Waals surface area contributed by atoms with Crippen molar-refractivity contribution in [2.75, 3.05) is 14.2 Å². The van der Waals surface area contributed by atoms with Crippen molar-refractivity contribution in [3.8, 4) is 29.1 Å². The highest BCUT2D eigenvalue weighted by Gasteiger charge is 2.31. The van der Waals surface area contributed by atoms with E-state index in [4.69, 9.17) is 24.7 Å². The van der Waals surface area contributed by atoms with E-state index in [9.17, 15) is 10.1 Å². The lowest BCUT2D eigenvalue weighted by Crippen LogP contribution is -2.21. The van der Waals surface area contributed by atoms with Gasteiger partial charge in [-0.2, -0.15) is 5.26 Å². The van der Waals surface area contributed by atoms with E-state index >= 15 is 0 Å². The average Bonchev–Trinajstić information content (AvgIpc) is 2.86. The van der Waals surface area contributed by atoms with Crippen molar-refractivity contribution in [3.05, 3.63) is 101 Å². The fraction of sp³-hybridized carbons (Fsp3) is 0.111. The van der Waals surface area contributed by atoms with Gasteiger partial charge in [-0.25, -0.2) is 4.79 Å². The Hall–Kier alpha value is -4.70. The van der Waals surface area contributed by atoms with E-state index in [2.05, 4.69) is 6.07 Å². The average molecular weight is 454 g/mol. The molecule has 0 saturated carbocycles. The molecule has 4 rings (SSSR count). The molecule has 0 aromatic heterocycles. The van der Waals surface area contributed by atoms with E-state index in [0.717, 1.165) is 22.4 Å². The smallest absolute Gasteiger partial charge is 0.336 e. The first-order valence-corrected chi connectivity index (χ1v) is 10.4. The Kier molecular flexibility index (Phi) is 6.51. The van der Waals surface area contributed by atoms with Crippen molar-refractivity contribution in [1.82, 2.24) is 0 Å². The molecule has 1 aliphatic rings. The van der Waals surface area contributed by atoms with E-state index in [1.165, 1.54) is 6.08 Å². The number of nitrogens with zero attached hydrogens (tertiary/aromatic N) is 1. The lowest BCUT2D eigenvalue weighted by atomic mass is 9.83. The zero-order valence-corrected chi connectivity index (χ0v) is 18.6. The van der Waals surface area contributed by atoms with Crippen molar-refractivity contribution >= 4 is 12.0 Å². The van der Waals surface area contributed by atoms with Crippen LogP contribution >= 0.6 is 0 Å². The molecular formula is C27H22N2O5. The number of nitriles is 1. The summed E-state index contributed by atoms with van der Waals surface area (Å²) in [6.45, 7) is 0. The second-order valence-electron chi connectivity index (χ2n) is 7.43. The van der Waals surface area contributed by atoms with Gasteiger partial charge in [0.1, 0.15) is 34.6 Å². The molecule has 3 aromatic rings. The molecule has 1 aliphatic heterocycles. The maximum Gasteiger partial charge on any atom is 0.336 e. The van der Waals surface area contributed by atoms with Crippen LogP contribution in [0.2, 0.25) is 0 Å². The zero-order valence-electron chi connectivity index (χ0n) is 18.6. The van der Waals surface area contributed by atoms with Crippen LogP contribution in [0.5, 0.6) is 23.0 Å². The molecule has 2 N–H and O–H groups in total. The molecule has 0 aliphatic carbocycles. The van der Waals surface area contributed by atoms with Crippen LogP contribution in [-0.2, 0) is 4.79 Å². The molecule has 1 heterocycles. The molecule has 1 atom stereocenters. The summed E-state index contributed by atoms with van der Waals surface area (Å²) in [6.07, 6.45) is 2.98. The number of benzene rings is 3. The number of esters is 1. The largest absolute Gasteiger partial charge is 0.497 e. The van der Waals surface area contributed by atoms with Gasteiger partial charge >= 0.3 is 5.97 Å². The van der Waals surface area contributed by atoms with Gasteiger partial charge in [0.25, 0.3) is 0 Å². The SMILES string of the molecule is COc1ccc(/C=C/C(=O)Oc2ccc3c(c2)OC(N)=C(C#N)C3c2cccc(OC)c2)cc1. The fourth-order valence-electron chi connectivity index (χ4n) is 3.69. The first-order chi connectivity index (χ1) is 16.5. The van der Waals surface area contributed by atoms with Gasteiger partial charge in [0.15, 0.2) is 0 Å². The van der Waals surface area contributed by atoms with Gasteiger partial charge in [0.2, 0.25) is 5.88 Å². The Labute approximate surface area is 197 Å². The van der Waals surface area contributed by atoms with Crippen LogP contribution in [0.4, 0.5) is 0 Å².